The van der Waals surface area contributed by atoms with Gasteiger partial charge in [0.25, 0.3) is 0 Å². The summed E-state index contributed by atoms with van der Waals surface area (Å²) in [6.45, 7) is 7.08. The standard InChI is InChI=1S/C16H21NO2/c1-3-5-6-16(11-18)17-10-15-9-13(4-2)7-8-14(15)12-19-17/h3,7-9,11,16H,1,4-6,10,12H2,2H3. The number of carbonyl (C=O) groups excluding carboxylic acids is 1. The molecule has 0 fully saturated rings. The van der Waals surface area contributed by atoms with E-state index in [-0.39, 0.29) is 6.04 Å². The molecule has 1 aliphatic rings. The molecule has 0 aliphatic carbocycles. The molecule has 0 bridgehead atoms. The van der Waals surface area contributed by atoms with Gasteiger partial charge in [-0.1, -0.05) is 31.2 Å². The Bertz CT molecular complexity index is 456. The van der Waals surface area contributed by atoms with Gasteiger partial charge in [-0.05, 0) is 36.0 Å². The highest BCUT2D eigenvalue weighted by atomic mass is 16.7. The third-order valence-electron chi connectivity index (χ3n) is 3.58. The van der Waals surface area contributed by atoms with Gasteiger partial charge in [-0.3, -0.25) is 4.84 Å². The van der Waals surface area contributed by atoms with Crippen LogP contribution in [-0.4, -0.2) is 17.4 Å². The summed E-state index contributed by atoms with van der Waals surface area (Å²) in [7, 11) is 0. The number of allylic oxidation sites excluding steroid dienone is 1. The number of aldehydes is 1. The monoisotopic (exact) mass is 259 g/mol. The Balaban J connectivity index is 2.10. The van der Waals surface area contributed by atoms with Crippen LogP contribution >= 0.6 is 0 Å². The highest BCUT2D eigenvalue weighted by molar-refractivity contribution is 5.57. The number of benzene rings is 1. The number of rotatable bonds is 6. The molecule has 0 N–H and O–H groups in total. The van der Waals surface area contributed by atoms with Crippen molar-refractivity contribution in [1.29, 1.82) is 0 Å². The molecule has 0 saturated heterocycles. The van der Waals surface area contributed by atoms with Crippen molar-refractivity contribution in [3.8, 4) is 0 Å². The van der Waals surface area contributed by atoms with Crippen molar-refractivity contribution < 1.29 is 9.63 Å². The molecule has 102 valence electrons. The molecule has 1 aromatic rings. The minimum Gasteiger partial charge on any atom is -0.302 e. The Morgan fingerprint density at radius 1 is 1.47 bits per heavy atom. The molecule has 1 aromatic carbocycles. The SMILES string of the molecule is C=CCCC(C=O)N1Cc2cc(CC)ccc2CO1. The molecule has 1 heterocycles. The molecule has 0 saturated carbocycles. The van der Waals surface area contributed by atoms with Crippen molar-refractivity contribution in [2.45, 2.75) is 45.4 Å². The molecule has 3 nitrogen and oxygen atoms in total. The molecule has 0 radical (unpaired) electrons. The summed E-state index contributed by atoms with van der Waals surface area (Å²) in [6, 6.07) is 6.31. The van der Waals surface area contributed by atoms with Gasteiger partial charge in [-0.15, -0.1) is 6.58 Å². The molecule has 1 aliphatic heterocycles. The maximum atomic E-state index is 11.2. The predicted molar refractivity (Wildman–Crippen MR) is 75.4 cm³/mol. The van der Waals surface area contributed by atoms with Gasteiger partial charge in [-0.2, -0.15) is 5.06 Å². The van der Waals surface area contributed by atoms with Crippen LogP contribution in [0.2, 0.25) is 0 Å². The first-order valence-electron chi connectivity index (χ1n) is 6.85. The van der Waals surface area contributed by atoms with Crippen LogP contribution in [0.1, 0.15) is 36.5 Å². The van der Waals surface area contributed by atoms with Crippen molar-refractivity contribution >= 4 is 6.29 Å². The van der Waals surface area contributed by atoms with E-state index in [4.69, 9.17) is 4.84 Å². The Morgan fingerprint density at radius 2 is 2.32 bits per heavy atom. The highest BCUT2D eigenvalue weighted by Crippen LogP contribution is 2.24. The lowest BCUT2D eigenvalue weighted by Crippen LogP contribution is -2.38. The van der Waals surface area contributed by atoms with E-state index in [1.54, 1.807) is 5.06 Å². The van der Waals surface area contributed by atoms with Gasteiger partial charge < -0.3 is 4.79 Å². The van der Waals surface area contributed by atoms with E-state index in [2.05, 4.69) is 31.7 Å². The first-order valence-corrected chi connectivity index (χ1v) is 6.85. The second kappa shape index (κ2) is 6.64. The normalized spacial score (nSPS) is 16.7. The summed E-state index contributed by atoms with van der Waals surface area (Å²) in [4.78, 5) is 16.9. The van der Waals surface area contributed by atoms with E-state index in [1.807, 2.05) is 6.08 Å². The molecule has 1 unspecified atom stereocenters. The summed E-state index contributed by atoms with van der Waals surface area (Å²) in [5.41, 5.74) is 3.83. The van der Waals surface area contributed by atoms with Gasteiger partial charge in [-0.25, -0.2) is 0 Å². The highest BCUT2D eigenvalue weighted by Gasteiger charge is 2.23. The zero-order chi connectivity index (χ0) is 13.7. The van der Waals surface area contributed by atoms with Crippen molar-refractivity contribution in [3.63, 3.8) is 0 Å². The number of hydrogen-bond acceptors (Lipinski definition) is 3. The lowest BCUT2D eigenvalue weighted by atomic mass is 10.0. The van der Waals surface area contributed by atoms with Crippen LogP contribution in [-0.2, 0) is 29.2 Å². The lowest BCUT2D eigenvalue weighted by molar-refractivity contribution is -0.209. The fourth-order valence-corrected chi connectivity index (χ4v) is 2.33. The number of nitrogens with zero attached hydrogens (tertiary/aromatic N) is 1. The lowest BCUT2D eigenvalue weighted by Gasteiger charge is -2.32. The van der Waals surface area contributed by atoms with Gasteiger partial charge in [0.2, 0.25) is 0 Å². The summed E-state index contributed by atoms with van der Waals surface area (Å²) < 4.78 is 0. The van der Waals surface area contributed by atoms with Crippen LogP contribution in [0.5, 0.6) is 0 Å². The topological polar surface area (TPSA) is 29.5 Å². The van der Waals surface area contributed by atoms with Crippen LogP contribution in [0.3, 0.4) is 0 Å². The number of hydrogen-bond donors (Lipinski definition) is 0. The minimum absolute atomic E-state index is 0.184. The first-order chi connectivity index (χ1) is 9.28. The molecule has 3 heteroatoms. The number of hydroxylamine groups is 2. The number of aryl methyl sites for hydroxylation is 1. The molecule has 2 rings (SSSR count). The molecule has 0 aromatic heterocycles. The van der Waals surface area contributed by atoms with Crippen molar-refractivity contribution in [2.24, 2.45) is 0 Å². The van der Waals surface area contributed by atoms with E-state index in [1.165, 1.54) is 16.7 Å². The number of fused-ring (bicyclic) bond motifs is 1. The Morgan fingerprint density at radius 3 is 3.00 bits per heavy atom. The van der Waals surface area contributed by atoms with Gasteiger partial charge in [0, 0.05) is 0 Å². The summed E-state index contributed by atoms with van der Waals surface area (Å²) in [6.07, 6.45) is 5.42. The molecule has 1 atom stereocenters. The van der Waals surface area contributed by atoms with E-state index in [9.17, 15) is 4.79 Å². The smallest absolute Gasteiger partial charge is 0.139 e. The number of carbonyl (C=O) groups is 1. The molecule has 0 spiro atoms. The molecular weight excluding hydrogens is 238 g/mol. The second-order valence-electron chi connectivity index (χ2n) is 4.87. The van der Waals surface area contributed by atoms with Gasteiger partial charge in [0.15, 0.2) is 0 Å². The summed E-state index contributed by atoms with van der Waals surface area (Å²) in [5.74, 6) is 0. The van der Waals surface area contributed by atoms with E-state index in [0.717, 1.165) is 25.5 Å². The van der Waals surface area contributed by atoms with Gasteiger partial charge >= 0.3 is 0 Å². The van der Waals surface area contributed by atoms with Crippen LogP contribution in [0.4, 0.5) is 0 Å². The maximum absolute atomic E-state index is 11.2. The van der Waals surface area contributed by atoms with E-state index in [0.29, 0.717) is 13.2 Å². The fraction of sp³-hybridized carbons (Fsp3) is 0.438. The first kappa shape index (κ1) is 14.0. The molecular formula is C16H21NO2. The van der Waals surface area contributed by atoms with Gasteiger partial charge in [0.05, 0.1) is 19.2 Å². The van der Waals surface area contributed by atoms with Crippen molar-refractivity contribution in [3.05, 3.63) is 47.5 Å². The summed E-state index contributed by atoms with van der Waals surface area (Å²) in [5, 5.41) is 1.80. The van der Waals surface area contributed by atoms with E-state index >= 15 is 0 Å². The average molecular weight is 259 g/mol. The third kappa shape index (κ3) is 3.31. The largest absolute Gasteiger partial charge is 0.302 e. The van der Waals surface area contributed by atoms with Gasteiger partial charge in [0.1, 0.15) is 6.29 Å². The van der Waals surface area contributed by atoms with Crippen molar-refractivity contribution in [1.82, 2.24) is 5.06 Å². The molecule has 0 amide bonds. The van der Waals surface area contributed by atoms with Crippen LogP contribution in [0, 0.1) is 0 Å². The van der Waals surface area contributed by atoms with Crippen molar-refractivity contribution in [2.75, 3.05) is 0 Å². The Labute approximate surface area is 114 Å². The van der Waals surface area contributed by atoms with Crippen LogP contribution in [0.15, 0.2) is 30.9 Å². The molecule has 19 heavy (non-hydrogen) atoms. The second-order valence-corrected chi connectivity index (χ2v) is 4.87. The zero-order valence-electron chi connectivity index (χ0n) is 11.5. The Kier molecular flexibility index (Phi) is 4.88. The maximum Gasteiger partial charge on any atom is 0.139 e. The van der Waals surface area contributed by atoms with Crippen LogP contribution in [0.25, 0.3) is 0 Å². The van der Waals surface area contributed by atoms with E-state index < -0.39 is 0 Å². The minimum atomic E-state index is -0.184. The predicted octanol–water partition coefficient (Wildman–Crippen LogP) is 3.03. The third-order valence-corrected chi connectivity index (χ3v) is 3.58. The Hall–Kier alpha value is -1.45. The fourth-order valence-electron chi connectivity index (χ4n) is 2.33. The average Bonchev–Trinajstić information content (AvgIpc) is 2.47. The quantitative estimate of drug-likeness (QED) is 0.581. The zero-order valence-corrected chi connectivity index (χ0v) is 11.5. The summed E-state index contributed by atoms with van der Waals surface area (Å²) >= 11 is 0. The van der Waals surface area contributed by atoms with Crippen LogP contribution < -0.4 is 0 Å².